The van der Waals surface area contributed by atoms with Crippen molar-refractivity contribution in [3.63, 3.8) is 0 Å². The summed E-state index contributed by atoms with van der Waals surface area (Å²) in [6, 6.07) is 5.88. The molecule has 1 aromatic rings. The monoisotopic (exact) mass is 294 g/mol. The zero-order valence-electron chi connectivity index (χ0n) is 12.1. The minimum atomic E-state index is -0.831. The van der Waals surface area contributed by atoms with E-state index in [1.54, 1.807) is 24.3 Å². The molecule has 1 atom stereocenters. The number of methoxy groups -OCH3 is 2. The molecule has 0 aromatic heterocycles. The van der Waals surface area contributed by atoms with Crippen molar-refractivity contribution < 1.29 is 23.9 Å². The molecule has 1 unspecified atom stereocenters. The fourth-order valence-corrected chi connectivity index (χ4v) is 1.71. The zero-order chi connectivity index (χ0) is 15.8. The minimum Gasteiger partial charge on any atom is -0.468 e. The molecule has 0 radical (unpaired) electrons. The molecule has 0 aliphatic carbocycles. The van der Waals surface area contributed by atoms with Crippen molar-refractivity contribution in [2.75, 3.05) is 26.1 Å². The Labute approximate surface area is 122 Å². The molecule has 1 aromatic carbocycles. The van der Waals surface area contributed by atoms with Gasteiger partial charge in [-0.2, -0.15) is 0 Å². The lowest BCUT2D eigenvalue weighted by Gasteiger charge is -2.17. The van der Waals surface area contributed by atoms with E-state index in [0.29, 0.717) is 11.3 Å². The molecule has 7 nitrogen and oxygen atoms in total. The summed E-state index contributed by atoms with van der Waals surface area (Å²) < 4.78 is 9.23. The van der Waals surface area contributed by atoms with Gasteiger partial charge in [-0.15, -0.1) is 0 Å². The first-order valence-electron chi connectivity index (χ1n) is 6.23. The SMILES string of the molecule is COC(=O)CNC(C(=O)OC)c1cccc(NC(C)=O)c1. The summed E-state index contributed by atoms with van der Waals surface area (Å²) in [6.07, 6.45) is 0. The highest BCUT2D eigenvalue weighted by Gasteiger charge is 2.22. The maximum atomic E-state index is 11.8. The number of benzene rings is 1. The van der Waals surface area contributed by atoms with Crippen LogP contribution in [0.2, 0.25) is 0 Å². The third-order valence-corrected chi connectivity index (χ3v) is 2.66. The lowest BCUT2D eigenvalue weighted by molar-refractivity contribution is -0.144. The number of rotatable bonds is 6. The van der Waals surface area contributed by atoms with Gasteiger partial charge in [0.2, 0.25) is 5.91 Å². The number of ether oxygens (including phenoxy) is 2. The van der Waals surface area contributed by atoms with E-state index in [9.17, 15) is 14.4 Å². The molecule has 0 bridgehead atoms. The molecule has 7 heteroatoms. The first kappa shape index (κ1) is 16.6. The van der Waals surface area contributed by atoms with Gasteiger partial charge in [-0.05, 0) is 17.7 Å². The molecule has 21 heavy (non-hydrogen) atoms. The molecule has 114 valence electrons. The van der Waals surface area contributed by atoms with Crippen LogP contribution in [0.1, 0.15) is 18.5 Å². The fraction of sp³-hybridized carbons (Fsp3) is 0.357. The first-order chi connectivity index (χ1) is 9.97. The zero-order valence-corrected chi connectivity index (χ0v) is 12.1. The van der Waals surface area contributed by atoms with E-state index in [4.69, 9.17) is 4.74 Å². The normalized spacial score (nSPS) is 11.4. The standard InChI is InChI=1S/C14H18N2O5/c1-9(17)16-11-6-4-5-10(7-11)13(14(19)21-3)15-8-12(18)20-2/h4-7,13,15H,8H2,1-3H3,(H,16,17). The van der Waals surface area contributed by atoms with E-state index in [-0.39, 0.29) is 12.5 Å². The molecule has 1 rings (SSSR count). The number of hydrogen-bond acceptors (Lipinski definition) is 6. The molecular weight excluding hydrogens is 276 g/mol. The second kappa shape index (κ2) is 8.01. The molecule has 1 amide bonds. The van der Waals surface area contributed by atoms with E-state index >= 15 is 0 Å². The summed E-state index contributed by atoms with van der Waals surface area (Å²) in [6.45, 7) is 1.25. The van der Waals surface area contributed by atoms with E-state index in [0.717, 1.165) is 0 Å². The molecular formula is C14H18N2O5. The second-order valence-electron chi connectivity index (χ2n) is 4.22. The number of amides is 1. The molecule has 0 spiro atoms. The number of anilines is 1. The minimum absolute atomic E-state index is 0.138. The van der Waals surface area contributed by atoms with Gasteiger partial charge in [0.25, 0.3) is 0 Å². The summed E-state index contributed by atoms with van der Waals surface area (Å²) in [5.41, 5.74) is 1.12. The van der Waals surface area contributed by atoms with Gasteiger partial charge in [-0.1, -0.05) is 12.1 Å². The van der Waals surface area contributed by atoms with Crippen LogP contribution in [-0.2, 0) is 23.9 Å². The van der Waals surface area contributed by atoms with Crippen molar-refractivity contribution in [1.82, 2.24) is 5.32 Å². The Bertz CT molecular complexity index is 530. The van der Waals surface area contributed by atoms with Crippen molar-refractivity contribution in [3.8, 4) is 0 Å². The number of carbonyl (C=O) groups is 3. The van der Waals surface area contributed by atoms with Crippen LogP contribution in [-0.4, -0.2) is 38.6 Å². The largest absolute Gasteiger partial charge is 0.468 e. The van der Waals surface area contributed by atoms with Crippen molar-refractivity contribution in [3.05, 3.63) is 29.8 Å². The summed E-state index contributed by atoms with van der Waals surface area (Å²) >= 11 is 0. The Morgan fingerprint density at radius 3 is 2.48 bits per heavy atom. The quantitative estimate of drug-likeness (QED) is 0.747. The summed E-state index contributed by atoms with van der Waals surface area (Å²) in [7, 11) is 2.52. The maximum Gasteiger partial charge on any atom is 0.327 e. The van der Waals surface area contributed by atoms with Gasteiger partial charge in [0.05, 0.1) is 20.8 Å². The van der Waals surface area contributed by atoms with Gasteiger partial charge >= 0.3 is 11.9 Å². The molecule has 0 heterocycles. The van der Waals surface area contributed by atoms with Gasteiger partial charge in [-0.25, -0.2) is 4.79 Å². The van der Waals surface area contributed by atoms with E-state index in [1.807, 2.05) is 0 Å². The van der Waals surface area contributed by atoms with Crippen molar-refractivity contribution in [1.29, 1.82) is 0 Å². The molecule has 0 aliphatic heterocycles. The summed E-state index contributed by atoms with van der Waals surface area (Å²) in [5, 5.41) is 5.38. The topological polar surface area (TPSA) is 93.7 Å². The average molecular weight is 294 g/mol. The number of esters is 2. The van der Waals surface area contributed by atoms with Crippen molar-refractivity contribution in [2.45, 2.75) is 13.0 Å². The Morgan fingerprint density at radius 1 is 1.19 bits per heavy atom. The van der Waals surface area contributed by atoms with Crippen LogP contribution in [0.4, 0.5) is 5.69 Å². The van der Waals surface area contributed by atoms with Crippen LogP contribution in [0.5, 0.6) is 0 Å². The Hall–Kier alpha value is -2.41. The van der Waals surface area contributed by atoms with Gasteiger partial charge in [-0.3, -0.25) is 14.9 Å². The van der Waals surface area contributed by atoms with E-state index in [2.05, 4.69) is 15.4 Å². The highest BCUT2D eigenvalue weighted by molar-refractivity contribution is 5.89. The van der Waals surface area contributed by atoms with Gasteiger partial charge in [0, 0.05) is 12.6 Å². The van der Waals surface area contributed by atoms with Crippen molar-refractivity contribution >= 4 is 23.5 Å². The summed E-state index contributed by atoms with van der Waals surface area (Å²) in [4.78, 5) is 34.1. The lowest BCUT2D eigenvalue weighted by Crippen LogP contribution is -2.34. The van der Waals surface area contributed by atoms with E-state index < -0.39 is 18.0 Å². The predicted molar refractivity (Wildman–Crippen MR) is 75.5 cm³/mol. The van der Waals surface area contributed by atoms with Crippen LogP contribution >= 0.6 is 0 Å². The van der Waals surface area contributed by atoms with E-state index in [1.165, 1.54) is 21.1 Å². The van der Waals surface area contributed by atoms with Crippen LogP contribution < -0.4 is 10.6 Å². The highest BCUT2D eigenvalue weighted by Crippen LogP contribution is 2.19. The maximum absolute atomic E-state index is 11.8. The van der Waals surface area contributed by atoms with Crippen molar-refractivity contribution in [2.24, 2.45) is 0 Å². The molecule has 0 saturated heterocycles. The van der Waals surface area contributed by atoms with Crippen LogP contribution in [0.3, 0.4) is 0 Å². The van der Waals surface area contributed by atoms with Crippen LogP contribution in [0.15, 0.2) is 24.3 Å². The Balaban J connectivity index is 2.94. The van der Waals surface area contributed by atoms with Crippen LogP contribution in [0, 0.1) is 0 Å². The Morgan fingerprint density at radius 2 is 1.90 bits per heavy atom. The summed E-state index contributed by atoms with van der Waals surface area (Å²) in [5.74, 6) is -1.26. The smallest absolute Gasteiger partial charge is 0.327 e. The second-order valence-corrected chi connectivity index (χ2v) is 4.22. The number of carbonyl (C=O) groups excluding carboxylic acids is 3. The van der Waals surface area contributed by atoms with Crippen LogP contribution in [0.25, 0.3) is 0 Å². The van der Waals surface area contributed by atoms with Gasteiger partial charge in [0.15, 0.2) is 0 Å². The lowest BCUT2D eigenvalue weighted by atomic mass is 10.1. The first-order valence-corrected chi connectivity index (χ1v) is 6.23. The van der Waals surface area contributed by atoms with Gasteiger partial charge in [0.1, 0.15) is 6.04 Å². The molecule has 0 fully saturated rings. The highest BCUT2D eigenvalue weighted by atomic mass is 16.5. The fourth-order valence-electron chi connectivity index (χ4n) is 1.71. The average Bonchev–Trinajstić information content (AvgIpc) is 2.46. The molecule has 0 aliphatic rings. The number of nitrogens with one attached hydrogen (secondary N) is 2. The third kappa shape index (κ3) is 5.23. The predicted octanol–water partition coefficient (Wildman–Crippen LogP) is 0.622. The van der Waals surface area contributed by atoms with Gasteiger partial charge < -0.3 is 14.8 Å². The number of hydrogen-bond donors (Lipinski definition) is 2. The molecule has 2 N–H and O–H groups in total. The Kier molecular flexibility index (Phi) is 6.35. The molecule has 0 saturated carbocycles. The third-order valence-electron chi connectivity index (χ3n) is 2.66.